The Morgan fingerprint density at radius 1 is 1.33 bits per heavy atom. The summed E-state index contributed by atoms with van der Waals surface area (Å²) in [5.41, 5.74) is 7.14. The van der Waals surface area contributed by atoms with Crippen molar-refractivity contribution in [2.75, 3.05) is 0 Å². The summed E-state index contributed by atoms with van der Waals surface area (Å²) in [5.74, 6) is -0.201. The summed E-state index contributed by atoms with van der Waals surface area (Å²) < 4.78 is 14.5. The van der Waals surface area contributed by atoms with Crippen molar-refractivity contribution >= 4 is 23.1 Å². The van der Waals surface area contributed by atoms with Crippen molar-refractivity contribution in [3.05, 3.63) is 53.2 Å². The Labute approximate surface area is 115 Å². The van der Waals surface area contributed by atoms with Gasteiger partial charge in [-0.1, -0.05) is 25.1 Å². The van der Waals surface area contributed by atoms with Crippen LogP contribution >= 0.6 is 23.1 Å². The van der Waals surface area contributed by atoms with Crippen LogP contribution in [0, 0.1) is 5.82 Å². The zero-order valence-corrected chi connectivity index (χ0v) is 11.8. The van der Waals surface area contributed by atoms with E-state index in [4.69, 9.17) is 5.73 Å². The van der Waals surface area contributed by atoms with Gasteiger partial charge in [-0.15, -0.1) is 23.1 Å². The lowest BCUT2D eigenvalue weighted by Gasteiger charge is -2.22. The molecule has 0 aliphatic rings. The van der Waals surface area contributed by atoms with Crippen LogP contribution < -0.4 is 5.73 Å². The molecule has 18 heavy (non-hydrogen) atoms. The van der Waals surface area contributed by atoms with Crippen LogP contribution in [0.2, 0.25) is 0 Å². The number of nitrogens with two attached hydrogens (primary N) is 1. The number of halogens is 1. The number of thioether (sulfide) groups is 1. The van der Waals surface area contributed by atoms with Crippen LogP contribution in [0.5, 0.6) is 0 Å². The molecule has 0 saturated carbocycles. The Balaban J connectivity index is 2.25. The minimum absolute atomic E-state index is 0.0268. The average Bonchev–Trinajstić information content (AvgIpc) is 2.88. The molecule has 0 bridgehead atoms. The molecular formula is C14H16FNS2. The van der Waals surface area contributed by atoms with Crippen molar-refractivity contribution in [3.63, 3.8) is 0 Å². The number of hydrogen-bond acceptors (Lipinski definition) is 3. The third-order valence-corrected chi connectivity index (χ3v) is 5.26. The van der Waals surface area contributed by atoms with Gasteiger partial charge in [0.25, 0.3) is 0 Å². The van der Waals surface area contributed by atoms with E-state index in [0.29, 0.717) is 0 Å². The first-order chi connectivity index (χ1) is 8.70. The molecule has 2 atom stereocenters. The number of rotatable bonds is 5. The predicted molar refractivity (Wildman–Crippen MR) is 77.6 cm³/mol. The summed E-state index contributed by atoms with van der Waals surface area (Å²) in [6, 6.07) is 10.9. The predicted octanol–water partition coefficient (Wildman–Crippen LogP) is 4.46. The number of benzene rings is 1. The summed E-state index contributed by atoms with van der Waals surface area (Å²) in [6.45, 7) is 2.06. The topological polar surface area (TPSA) is 26.0 Å². The molecule has 0 radical (unpaired) electrons. The van der Waals surface area contributed by atoms with Crippen molar-refractivity contribution in [2.24, 2.45) is 5.73 Å². The number of hydrogen-bond donors (Lipinski definition) is 1. The summed E-state index contributed by atoms with van der Waals surface area (Å²) in [5, 5.41) is 2.15. The van der Waals surface area contributed by atoms with Gasteiger partial charge in [0.1, 0.15) is 5.82 Å². The first-order valence-electron chi connectivity index (χ1n) is 5.92. The van der Waals surface area contributed by atoms with E-state index in [0.717, 1.165) is 12.0 Å². The second kappa shape index (κ2) is 6.36. The van der Waals surface area contributed by atoms with E-state index in [1.807, 2.05) is 17.5 Å². The van der Waals surface area contributed by atoms with Gasteiger partial charge in [0, 0.05) is 6.04 Å². The summed E-state index contributed by atoms with van der Waals surface area (Å²) in [6.07, 6.45) is 0.875. The maximum atomic E-state index is 13.3. The molecule has 1 aromatic heterocycles. The lowest BCUT2D eigenvalue weighted by Crippen LogP contribution is -2.25. The van der Waals surface area contributed by atoms with E-state index in [1.54, 1.807) is 35.2 Å². The van der Waals surface area contributed by atoms with Crippen molar-refractivity contribution < 1.29 is 4.39 Å². The van der Waals surface area contributed by atoms with Crippen molar-refractivity contribution in [3.8, 4) is 0 Å². The van der Waals surface area contributed by atoms with Crippen LogP contribution in [-0.2, 0) is 0 Å². The fraction of sp³-hybridized carbons (Fsp3) is 0.286. The minimum Gasteiger partial charge on any atom is -0.326 e. The van der Waals surface area contributed by atoms with Gasteiger partial charge in [-0.05, 0) is 35.6 Å². The monoisotopic (exact) mass is 281 g/mol. The zero-order valence-electron chi connectivity index (χ0n) is 10.2. The molecule has 2 N–H and O–H groups in total. The van der Waals surface area contributed by atoms with Gasteiger partial charge in [0.15, 0.2) is 0 Å². The highest BCUT2D eigenvalue weighted by molar-refractivity contribution is 8.01. The maximum Gasteiger partial charge on any atom is 0.123 e. The molecule has 1 nitrogen and oxygen atoms in total. The molecule has 0 spiro atoms. The molecule has 2 aromatic rings. The third kappa shape index (κ3) is 3.34. The van der Waals surface area contributed by atoms with Gasteiger partial charge < -0.3 is 5.73 Å². The number of thiophene rings is 1. The van der Waals surface area contributed by atoms with Gasteiger partial charge in [-0.2, -0.15) is 0 Å². The van der Waals surface area contributed by atoms with Gasteiger partial charge in [0.2, 0.25) is 0 Å². The zero-order chi connectivity index (χ0) is 13.0. The van der Waals surface area contributed by atoms with Crippen molar-refractivity contribution in [2.45, 2.75) is 28.8 Å². The molecule has 0 aliphatic carbocycles. The molecule has 0 fully saturated rings. The van der Waals surface area contributed by atoms with E-state index < -0.39 is 0 Å². The fourth-order valence-corrected chi connectivity index (χ4v) is 3.96. The van der Waals surface area contributed by atoms with Crippen LogP contribution in [-0.4, -0.2) is 6.04 Å². The third-order valence-electron chi connectivity index (χ3n) is 2.78. The molecule has 1 heterocycles. The molecule has 0 saturated heterocycles. The highest BCUT2D eigenvalue weighted by Gasteiger charge is 2.20. The van der Waals surface area contributed by atoms with E-state index in [1.165, 1.54) is 10.3 Å². The van der Waals surface area contributed by atoms with Gasteiger partial charge in [-0.25, -0.2) is 4.39 Å². The molecule has 2 unspecified atom stereocenters. The van der Waals surface area contributed by atoms with Crippen LogP contribution in [0.4, 0.5) is 4.39 Å². The maximum absolute atomic E-state index is 13.3. The lowest BCUT2D eigenvalue weighted by atomic mass is 10.0. The Bertz CT molecular complexity index is 484. The van der Waals surface area contributed by atoms with Crippen molar-refractivity contribution in [1.82, 2.24) is 0 Å². The quantitative estimate of drug-likeness (QED) is 0.819. The smallest absolute Gasteiger partial charge is 0.123 e. The fourth-order valence-electron chi connectivity index (χ4n) is 1.76. The SMILES string of the molecule is CCC(N)C(Sc1cccs1)c1cccc(F)c1. The van der Waals surface area contributed by atoms with E-state index >= 15 is 0 Å². The molecule has 96 valence electrons. The van der Waals surface area contributed by atoms with E-state index in [-0.39, 0.29) is 17.1 Å². The second-order valence-corrected chi connectivity index (χ2v) is 6.49. The van der Waals surface area contributed by atoms with Crippen LogP contribution in [0.25, 0.3) is 0 Å². The first-order valence-corrected chi connectivity index (χ1v) is 7.68. The van der Waals surface area contributed by atoms with Crippen molar-refractivity contribution in [1.29, 1.82) is 0 Å². The molecular weight excluding hydrogens is 265 g/mol. The first kappa shape index (κ1) is 13.6. The molecule has 0 amide bonds. The Kier molecular flexibility index (Phi) is 4.80. The van der Waals surface area contributed by atoms with E-state index in [2.05, 4.69) is 13.0 Å². The summed E-state index contributed by atoms with van der Waals surface area (Å²) >= 11 is 3.41. The van der Waals surface area contributed by atoms with E-state index in [9.17, 15) is 4.39 Å². The largest absolute Gasteiger partial charge is 0.326 e. The molecule has 0 aliphatic heterocycles. The summed E-state index contributed by atoms with van der Waals surface area (Å²) in [7, 11) is 0. The van der Waals surface area contributed by atoms with Gasteiger partial charge >= 0.3 is 0 Å². The summed E-state index contributed by atoms with van der Waals surface area (Å²) in [4.78, 5) is 0. The Morgan fingerprint density at radius 3 is 2.78 bits per heavy atom. The standard InChI is InChI=1S/C14H16FNS2/c1-2-12(16)14(18-13-7-4-8-17-13)10-5-3-6-11(15)9-10/h3-9,12,14H,2,16H2,1H3. The van der Waals surface area contributed by atoms with Gasteiger partial charge in [0.05, 0.1) is 9.46 Å². The van der Waals surface area contributed by atoms with Crippen LogP contribution in [0.15, 0.2) is 46.0 Å². The molecule has 4 heteroatoms. The Morgan fingerprint density at radius 2 is 2.17 bits per heavy atom. The average molecular weight is 281 g/mol. The van der Waals surface area contributed by atoms with Gasteiger partial charge in [-0.3, -0.25) is 0 Å². The lowest BCUT2D eigenvalue weighted by molar-refractivity contribution is 0.610. The van der Waals surface area contributed by atoms with Crippen LogP contribution in [0.1, 0.15) is 24.2 Å². The normalized spacial score (nSPS) is 14.4. The molecule has 1 aromatic carbocycles. The second-order valence-electron chi connectivity index (χ2n) is 4.10. The highest BCUT2D eigenvalue weighted by atomic mass is 32.2. The highest BCUT2D eigenvalue weighted by Crippen LogP contribution is 2.40. The van der Waals surface area contributed by atoms with Crippen LogP contribution in [0.3, 0.4) is 0 Å². The Hall–Kier alpha value is -0.840. The molecule has 2 rings (SSSR count). The minimum atomic E-state index is -0.201.